The molecule has 19 heavy (non-hydrogen) atoms. The predicted molar refractivity (Wildman–Crippen MR) is 68.0 cm³/mol. The van der Waals surface area contributed by atoms with Crippen molar-refractivity contribution >= 4 is 17.9 Å². The molecule has 6 nitrogen and oxygen atoms in total. The van der Waals surface area contributed by atoms with Crippen molar-refractivity contribution in [3.8, 4) is 0 Å². The molecule has 0 unspecified atom stereocenters. The van der Waals surface area contributed by atoms with E-state index in [2.05, 4.69) is 10.3 Å². The molecule has 3 N–H and O–H groups in total. The third-order valence-electron chi connectivity index (χ3n) is 2.37. The van der Waals surface area contributed by atoms with Gasteiger partial charge in [-0.1, -0.05) is 30.3 Å². The Kier molecular flexibility index (Phi) is 3.82. The SMILES string of the molecule is O=C(Nc1ccc(C(=O)O)[nH]1)OCc1ccccc1. The van der Waals surface area contributed by atoms with E-state index in [1.807, 2.05) is 30.3 Å². The molecule has 1 aromatic heterocycles. The monoisotopic (exact) mass is 260 g/mol. The van der Waals surface area contributed by atoms with Crippen molar-refractivity contribution in [3.05, 3.63) is 53.7 Å². The van der Waals surface area contributed by atoms with Crippen LogP contribution in [0.4, 0.5) is 10.6 Å². The Labute approximate surface area is 109 Å². The first-order valence-electron chi connectivity index (χ1n) is 5.55. The number of carbonyl (C=O) groups is 2. The maximum atomic E-state index is 11.5. The van der Waals surface area contributed by atoms with Crippen LogP contribution in [-0.4, -0.2) is 22.2 Å². The minimum Gasteiger partial charge on any atom is -0.477 e. The molecule has 1 heterocycles. The molecule has 6 heteroatoms. The number of ether oxygens (including phenoxy) is 1. The number of benzene rings is 1. The molecule has 2 rings (SSSR count). The molecule has 0 saturated carbocycles. The van der Waals surface area contributed by atoms with Gasteiger partial charge in [0, 0.05) is 0 Å². The molecule has 1 amide bonds. The number of nitrogens with one attached hydrogen (secondary N) is 2. The summed E-state index contributed by atoms with van der Waals surface area (Å²) in [6, 6.07) is 12.1. The maximum absolute atomic E-state index is 11.5. The summed E-state index contributed by atoms with van der Waals surface area (Å²) >= 11 is 0. The summed E-state index contributed by atoms with van der Waals surface area (Å²) in [7, 11) is 0. The Balaban J connectivity index is 1.85. The highest BCUT2D eigenvalue weighted by molar-refractivity contribution is 5.88. The zero-order valence-corrected chi connectivity index (χ0v) is 9.92. The van der Waals surface area contributed by atoms with Crippen molar-refractivity contribution < 1.29 is 19.4 Å². The molecule has 0 aliphatic heterocycles. The molecule has 0 atom stereocenters. The first-order chi connectivity index (χ1) is 9.15. The lowest BCUT2D eigenvalue weighted by Crippen LogP contribution is -2.14. The number of carboxylic acid groups (broad SMARTS) is 1. The van der Waals surface area contributed by atoms with Gasteiger partial charge in [-0.15, -0.1) is 0 Å². The fourth-order valence-corrected chi connectivity index (χ4v) is 1.46. The van der Waals surface area contributed by atoms with Gasteiger partial charge in [0.25, 0.3) is 0 Å². The lowest BCUT2D eigenvalue weighted by atomic mass is 10.2. The Morgan fingerprint density at radius 3 is 2.53 bits per heavy atom. The fourth-order valence-electron chi connectivity index (χ4n) is 1.46. The summed E-state index contributed by atoms with van der Waals surface area (Å²) < 4.78 is 4.98. The summed E-state index contributed by atoms with van der Waals surface area (Å²) in [6.07, 6.45) is -0.650. The normalized spacial score (nSPS) is 9.89. The lowest BCUT2D eigenvalue weighted by molar-refractivity contribution is 0.0691. The minimum atomic E-state index is -1.09. The fraction of sp³-hybridized carbons (Fsp3) is 0.0769. The molecular weight excluding hydrogens is 248 g/mol. The number of carboxylic acids is 1. The Bertz CT molecular complexity index is 577. The standard InChI is InChI=1S/C13H12N2O4/c16-12(17)10-6-7-11(14-10)15-13(18)19-8-9-4-2-1-3-5-9/h1-7,14H,8H2,(H,15,18)(H,16,17). The smallest absolute Gasteiger partial charge is 0.413 e. The number of hydrogen-bond donors (Lipinski definition) is 3. The topological polar surface area (TPSA) is 91.4 Å². The largest absolute Gasteiger partial charge is 0.477 e. The lowest BCUT2D eigenvalue weighted by Gasteiger charge is -2.05. The third-order valence-corrected chi connectivity index (χ3v) is 2.37. The zero-order valence-electron chi connectivity index (χ0n) is 9.92. The predicted octanol–water partition coefficient (Wildman–Crippen LogP) is 2.46. The van der Waals surface area contributed by atoms with Crippen LogP contribution in [0.1, 0.15) is 16.1 Å². The highest BCUT2D eigenvalue weighted by Gasteiger charge is 2.08. The van der Waals surface area contributed by atoms with Crippen molar-refractivity contribution in [3.63, 3.8) is 0 Å². The molecule has 0 radical (unpaired) electrons. The highest BCUT2D eigenvalue weighted by Crippen LogP contribution is 2.08. The number of aromatic carboxylic acids is 1. The Morgan fingerprint density at radius 2 is 1.89 bits per heavy atom. The second-order valence-electron chi connectivity index (χ2n) is 3.78. The number of anilines is 1. The van der Waals surface area contributed by atoms with Crippen LogP contribution in [0.15, 0.2) is 42.5 Å². The van der Waals surface area contributed by atoms with Gasteiger partial charge in [0.15, 0.2) is 0 Å². The van der Waals surface area contributed by atoms with E-state index in [1.54, 1.807) is 0 Å². The molecule has 0 bridgehead atoms. The van der Waals surface area contributed by atoms with E-state index < -0.39 is 12.1 Å². The van der Waals surface area contributed by atoms with E-state index in [9.17, 15) is 9.59 Å². The molecule has 0 aliphatic carbocycles. The van der Waals surface area contributed by atoms with Gasteiger partial charge in [-0.05, 0) is 17.7 Å². The summed E-state index contributed by atoms with van der Waals surface area (Å²) in [5.41, 5.74) is 0.869. The molecular formula is C13H12N2O4. The van der Waals surface area contributed by atoms with Crippen molar-refractivity contribution in [2.24, 2.45) is 0 Å². The number of aromatic amines is 1. The van der Waals surface area contributed by atoms with Crippen molar-refractivity contribution in [2.45, 2.75) is 6.61 Å². The van der Waals surface area contributed by atoms with Gasteiger partial charge in [0.05, 0.1) is 0 Å². The van der Waals surface area contributed by atoms with Crippen LogP contribution in [0, 0.1) is 0 Å². The zero-order chi connectivity index (χ0) is 13.7. The average Bonchev–Trinajstić information content (AvgIpc) is 2.86. The molecule has 0 fully saturated rings. The van der Waals surface area contributed by atoms with Crippen LogP contribution < -0.4 is 5.32 Å². The van der Waals surface area contributed by atoms with E-state index in [1.165, 1.54) is 12.1 Å². The summed E-state index contributed by atoms with van der Waals surface area (Å²) in [5.74, 6) is -0.818. The van der Waals surface area contributed by atoms with E-state index in [0.717, 1.165) is 5.56 Å². The Morgan fingerprint density at radius 1 is 1.16 bits per heavy atom. The number of hydrogen-bond acceptors (Lipinski definition) is 3. The van der Waals surface area contributed by atoms with Gasteiger partial charge in [-0.3, -0.25) is 5.32 Å². The summed E-state index contributed by atoms with van der Waals surface area (Å²) in [5, 5.41) is 11.1. The summed E-state index contributed by atoms with van der Waals surface area (Å²) in [6.45, 7) is 0.152. The van der Waals surface area contributed by atoms with E-state index in [0.29, 0.717) is 0 Å². The van der Waals surface area contributed by atoms with Gasteiger partial charge in [0.1, 0.15) is 18.1 Å². The van der Waals surface area contributed by atoms with Crippen molar-refractivity contribution in [2.75, 3.05) is 5.32 Å². The minimum absolute atomic E-state index is 0.00152. The van der Waals surface area contributed by atoms with Gasteiger partial charge < -0.3 is 14.8 Å². The van der Waals surface area contributed by atoms with Crippen LogP contribution >= 0.6 is 0 Å². The van der Waals surface area contributed by atoms with E-state index in [4.69, 9.17) is 9.84 Å². The molecule has 0 saturated heterocycles. The number of H-pyrrole nitrogens is 1. The second-order valence-corrected chi connectivity index (χ2v) is 3.78. The van der Waals surface area contributed by atoms with Crippen LogP contribution in [-0.2, 0) is 11.3 Å². The van der Waals surface area contributed by atoms with Gasteiger partial charge >= 0.3 is 12.1 Å². The third kappa shape index (κ3) is 3.60. The quantitative estimate of drug-likeness (QED) is 0.787. The van der Waals surface area contributed by atoms with Crippen LogP contribution in [0.25, 0.3) is 0 Å². The molecule has 0 spiro atoms. The number of amides is 1. The van der Waals surface area contributed by atoms with Crippen molar-refractivity contribution in [1.29, 1.82) is 0 Å². The van der Waals surface area contributed by atoms with Crippen LogP contribution in [0.5, 0.6) is 0 Å². The van der Waals surface area contributed by atoms with Gasteiger partial charge in [0.2, 0.25) is 0 Å². The first-order valence-corrected chi connectivity index (χ1v) is 5.55. The van der Waals surface area contributed by atoms with E-state index in [-0.39, 0.29) is 18.1 Å². The first kappa shape index (κ1) is 12.7. The van der Waals surface area contributed by atoms with Gasteiger partial charge in [-0.2, -0.15) is 0 Å². The number of rotatable bonds is 4. The summed E-state index contributed by atoms with van der Waals surface area (Å²) in [4.78, 5) is 24.6. The van der Waals surface area contributed by atoms with Crippen LogP contribution in [0.2, 0.25) is 0 Å². The highest BCUT2D eigenvalue weighted by atomic mass is 16.5. The maximum Gasteiger partial charge on any atom is 0.413 e. The molecule has 98 valence electrons. The Hall–Kier alpha value is -2.76. The second kappa shape index (κ2) is 5.72. The van der Waals surface area contributed by atoms with Gasteiger partial charge in [-0.25, -0.2) is 9.59 Å². The molecule has 1 aromatic carbocycles. The number of carbonyl (C=O) groups excluding carboxylic acids is 1. The van der Waals surface area contributed by atoms with E-state index >= 15 is 0 Å². The van der Waals surface area contributed by atoms with Crippen molar-refractivity contribution in [1.82, 2.24) is 4.98 Å². The average molecular weight is 260 g/mol. The number of aromatic nitrogens is 1. The molecule has 2 aromatic rings. The van der Waals surface area contributed by atoms with Crippen LogP contribution in [0.3, 0.4) is 0 Å². The molecule has 0 aliphatic rings.